The fourth-order valence-corrected chi connectivity index (χ4v) is 3.66. The van der Waals surface area contributed by atoms with Crippen molar-refractivity contribution in [1.82, 2.24) is 9.88 Å². The van der Waals surface area contributed by atoms with Gasteiger partial charge in [0.15, 0.2) is 12.1 Å². The average Bonchev–Trinajstić information content (AvgIpc) is 3.31. The van der Waals surface area contributed by atoms with Crippen LogP contribution in [0.25, 0.3) is 0 Å². The Bertz CT molecular complexity index is 718. The van der Waals surface area contributed by atoms with Gasteiger partial charge in [0, 0.05) is 24.9 Å². The maximum absolute atomic E-state index is 12.9. The molecule has 1 atom stereocenters. The molecule has 2 aromatic rings. The zero-order valence-corrected chi connectivity index (χ0v) is 13.5. The number of carbonyl (C=O) groups is 1. The van der Waals surface area contributed by atoms with Crippen molar-refractivity contribution >= 4 is 5.91 Å². The molecular formula is C19H22N2O2. The summed E-state index contributed by atoms with van der Waals surface area (Å²) in [4.78, 5) is 19.1. The molecule has 2 heterocycles. The molecule has 0 bridgehead atoms. The summed E-state index contributed by atoms with van der Waals surface area (Å²) in [7, 11) is 0. The van der Waals surface area contributed by atoms with Crippen molar-refractivity contribution in [3.05, 3.63) is 53.2 Å². The SMILES string of the molecule is Cc1ccccc1[C@H]1CCCN(C(=O)c2ncoc2C2CC2)C1. The minimum absolute atomic E-state index is 0.0407. The highest BCUT2D eigenvalue weighted by Crippen LogP contribution is 2.42. The van der Waals surface area contributed by atoms with E-state index in [4.69, 9.17) is 4.42 Å². The number of carbonyl (C=O) groups excluding carboxylic acids is 1. The zero-order chi connectivity index (χ0) is 15.8. The third-order valence-electron chi connectivity index (χ3n) is 5.08. The van der Waals surface area contributed by atoms with Crippen molar-refractivity contribution in [1.29, 1.82) is 0 Å². The van der Waals surface area contributed by atoms with Crippen molar-refractivity contribution in [3.8, 4) is 0 Å². The quantitative estimate of drug-likeness (QED) is 0.864. The molecule has 0 spiro atoms. The topological polar surface area (TPSA) is 46.3 Å². The summed E-state index contributed by atoms with van der Waals surface area (Å²) in [6, 6.07) is 8.51. The molecule has 1 aliphatic carbocycles. The Hall–Kier alpha value is -2.10. The number of hydrogen-bond acceptors (Lipinski definition) is 3. The highest BCUT2D eigenvalue weighted by Gasteiger charge is 2.35. The number of rotatable bonds is 3. The Morgan fingerprint density at radius 3 is 2.83 bits per heavy atom. The minimum atomic E-state index is 0.0407. The van der Waals surface area contributed by atoms with E-state index in [2.05, 4.69) is 36.2 Å². The number of benzene rings is 1. The Kier molecular flexibility index (Phi) is 3.68. The number of nitrogens with zero attached hydrogens (tertiary/aromatic N) is 2. The predicted molar refractivity (Wildman–Crippen MR) is 87.5 cm³/mol. The minimum Gasteiger partial charge on any atom is -0.447 e. The molecule has 1 aliphatic heterocycles. The van der Waals surface area contributed by atoms with Crippen LogP contribution in [-0.4, -0.2) is 28.9 Å². The first kappa shape index (κ1) is 14.5. The van der Waals surface area contributed by atoms with Gasteiger partial charge in [-0.2, -0.15) is 0 Å². The van der Waals surface area contributed by atoms with Gasteiger partial charge in [0.25, 0.3) is 5.91 Å². The standard InChI is InChI=1S/C19H22N2O2/c1-13-5-2-3-7-16(13)15-6-4-10-21(11-15)19(22)17-18(14-8-9-14)23-12-20-17/h2-3,5,7,12,14-15H,4,6,8-11H2,1H3/t15-/m0/s1. The van der Waals surface area contributed by atoms with Crippen LogP contribution in [-0.2, 0) is 0 Å². The largest absolute Gasteiger partial charge is 0.447 e. The van der Waals surface area contributed by atoms with Gasteiger partial charge in [-0.05, 0) is 43.7 Å². The highest BCUT2D eigenvalue weighted by atomic mass is 16.3. The molecule has 1 aromatic heterocycles. The lowest BCUT2D eigenvalue weighted by Crippen LogP contribution is -2.39. The van der Waals surface area contributed by atoms with Crippen molar-refractivity contribution in [3.63, 3.8) is 0 Å². The molecule has 4 rings (SSSR count). The highest BCUT2D eigenvalue weighted by molar-refractivity contribution is 5.93. The van der Waals surface area contributed by atoms with Gasteiger partial charge in [-0.1, -0.05) is 24.3 Å². The molecule has 4 heteroatoms. The summed E-state index contributed by atoms with van der Waals surface area (Å²) in [5.41, 5.74) is 3.22. The smallest absolute Gasteiger partial charge is 0.276 e. The number of oxazole rings is 1. The molecule has 1 aromatic carbocycles. The first-order chi connectivity index (χ1) is 11.2. The molecule has 0 N–H and O–H groups in total. The van der Waals surface area contributed by atoms with Crippen molar-refractivity contribution < 1.29 is 9.21 Å². The number of aryl methyl sites for hydroxylation is 1. The van der Waals surface area contributed by atoms with Crippen molar-refractivity contribution in [2.24, 2.45) is 0 Å². The Labute approximate surface area is 136 Å². The number of likely N-dealkylation sites (tertiary alicyclic amines) is 1. The van der Waals surface area contributed by atoms with E-state index in [0.717, 1.165) is 44.5 Å². The van der Waals surface area contributed by atoms with Gasteiger partial charge in [0.2, 0.25) is 0 Å². The molecule has 4 nitrogen and oxygen atoms in total. The molecule has 2 aliphatic rings. The first-order valence-electron chi connectivity index (χ1n) is 8.52. The predicted octanol–water partition coefficient (Wildman–Crippen LogP) is 3.88. The molecule has 1 amide bonds. The summed E-state index contributed by atoms with van der Waals surface area (Å²) in [6.45, 7) is 3.75. The second-order valence-corrected chi connectivity index (χ2v) is 6.79. The normalized spacial score (nSPS) is 21.4. The maximum atomic E-state index is 12.9. The molecule has 2 fully saturated rings. The van der Waals surface area contributed by atoms with Crippen LogP contribution in [0.1, 0.15) is 64.9 Å². The van der Waals surface area contributed by atoms with Gasteiger partial charge in [0.05, 0.1) is 0 Å². The van der Waals surface area contributed by atoms with E-state index < -0.39 is 0 Å². The van der Waals surface area contributed by atoms with E-state index in [9.17, 15) is 4.79 Å². The monoisotopic (exact) mass is 310 g/mol. The van der Waals surface area contributed by atoms with Crippen LogP contribution in [0.4, 0.5) is 0 Å². The molecule has 23 heavy (non-hydrogen) atoms. The van der Waals surface area contributed by atoms with E-state index in [1.165, 1.54) is 17.5 Å². The van der Waals surface area contributed by atoms with E-state index in [1.54, 1.807) is 0 Å². The first-order valence-corrected chi connectivity index (χ1v) is 8.52. The summed E-state index contributed by atoms with van der Waals surface area (Å²) < 4.78 is 5.47. The third-order valence-corrected chi connectivity index (χ3v) is 5.08. The molecule has 0 unspecified atom stereocenters. The number of aromatic nitrogens is 1. The van der Waals surface area contributed by atoms with E-state index in [1.807, 2.05) is 4.90 Å². The van der Waals surface area contributed by atoms with Crippen LogP contribution >= 0.6 is 0 Å². The van der Waals surface area contributed by atoms with Crippen LogP contribution in [0.5, 0.6) is 0 Å². The summed E-state index contributed by atoms with van der Waals surface area (Å²) in [6.07, 6.45) is 5.83. The van der Waals surface area contributed by atoms with Gasteiger partial charge in [-0.3, -0.25) is 4.79 Å². The van der Waals surface area contributed by atoms with Crippen molar-refractivity contribution in [2.75, 3.05) is 13.1 Å². The van der Waals surface area contributed by atoms with Crippen LogP contribution < -0.4 is 0 Å². The summed E-state index contributed by atoms with van der Waals surface area (Å²) in [5.74, 6) is 1.67. The van der Waals surface area contributed by atoms with Gasteiger partial charge in [0.1, 0.15) is 5.76 Å². The molecule has 1 saturated heterocycles. The lowest BCUT2D eigenvalue weighted by molar-refractivity contribution is 0.0699. The average molecular weight is 310 g/mol. The fraction of sp³-hybridized carbons (Fsp3) is 0.474. The number of piperidine rings is 1. The number of amides is 1. The lowest BCUT2D eigenvalue weighted by atomic mass is 9.88. The van der Waals surface area contributed by atoms with Crippen LogP contribution in [0.2, 0.25) is 0 Å². The van der Waals surface area contributed by atoms with Crippen LogP contribution in [0, 0.1) is 6.92 Å². The summed E-state index contributed by atoms with van der Waals surface area (Å²) in [5, 5.41) is 0. The molecule has 120 valence electrons. The molecule has 0 radical (unpaired) electrons. The maximum Gasteiger partial charge on any atom is 0.276 e. The Morgan fingerprint density at radius 2 is 2.04 bits per heavy atom. The fourth-order valence-electron chi connectivity index (χ4n) is 3.66. The zero-order valence-electron chi connectivity index (χ0n) is 13.5. The van der Waals surface area contributed by atoms with Gasteiger partial charge >= 0.3 is 0 Å². The Balaban J connectivity index is 1.54. The van der Waals surface area contributed by atoms with Gasteiger partial charge in [-0.15, -0.1) is 0 Å². The van der Waals surface area contributed by atoms with E-state index in [-0.39, 0.29) is 5.91 Å². The molecule has 1 saturated carbocycles. The van der Waals surface area contributed by atoms with Gasteiger partial charge in [-0.25, -0.2) is 4.98 Å². The van der Waals surface area contributed by atoms with Crippen LogP contribution in [0.15, 0.2) is 35.1 Å². The van der Waals surface area contributed by atoms with Crippen molar-refractivity contribution in [2.45, 2.75) is 44.4 Å². The lowest BCUT2D eigenvalue weighted by Gasteiger charge is -2.33. The molecular weight excluding hydrogens is 288 g/mol. The second-order valence-electron chi connectivity index (χ2n) is 6.79. The van der Waals surface area contributed by atoms with E-state index >= 15 is 0 Å². The van der Waals surface area contributed by atoms with E-state index in [0.29, 0.717) is 17.5 Å². The van der Waals surface area contributed by atoms with Gasteiger partial charge < -0.3 is 9.32 Å². The summed E-state index contributed by atoms with van der Waals surface area (Å²) >= 11 is 0. The number of hydrogen-bond donors (Lipinski definition) is 0. The third kappa shape index (κ3) is 2.78. The Morgan fingerprint density at radius 1 is 1.22 bits per heavy atom. The second kappa shape index (κ2) is 5.84. The van der Waals surface area contributed by atoms with Crippen LogP contribution in [0.3, 0.4) is 0 Å².